The van der Waals surface area contributed by atoms with Gasteiger partial charge in [-0.05, 0) is 32.8 Å². The van der Waals surface area contributed by atoms with Crippen LogP contribution in [0.15, 0.2) is 46.4 Å². The van der Waals surface area contributed by atoms with E-state index in [0.717, 1.165) is 23.6 Å². The predicted octanol–water partition coefficient (Wildman–Crippen LogP) is 4.40. The maximum atomic E-state index is 14.9. The standard InChI is InChI=1S/C26H24F4N6O3/c1-13(15-6-5-7-17(20(15)27)26(28,29)30)33-21-16-12-36(25(2)8-9-25)23(38)18(19(16)22(37)35(3)34-21)14-10-31-24(39-4)32-11-14/h5-7,10-13H,8-9H2,1-4H3,(H,33,34)/t13-/m1/s1. The maximum absolute atomic E-state index is 14.9. The molecule has 0 bridgehead atoms. The highest BCUT2D eigenvalue weighted by Crippen LogP contribution is 2.43. The summed E-state index contributed by atoms with van der Waals surface area (Å²) in [5, 5.41) is 7.51. The van der Waals surface area contributed by atoms with Gasteiger partial charge in [-0.25, -0.2) is 19.0 Å². The fourth-order valence-electron chi connectivity index (χ4n) is 4.56. The molecule has 204 valence electrons. The van der Waals surface area contributed by atoms with Crippen LogP contribution < -0.4 is 21.2 Å². The van der Waals surface area contributed by atoms with Crippen molar-refractivity contribution in [3.8, 4) is 17.1 Å². The van der Waals surface area contributed by atoms with Crippen LogP contribution in [0.5, 0.6) is 6.01 Å². The molecular formula is C26H24F4N6O3. The summed E-state index contributed by atoms with van der Waals surface area (Å²) in [5.74, 6) is -1.32. The third kappa shape index (κ3) is 4.51. The van der Waals surface area contributed by atoms with Crippen LogP contribution >= 0.6 is 0 Å². The van der Waals surface area contributed by atoms with Gasteiger partial charge in [0.05, 0.1) is 29.7 Å². The van der Waals surface area contributed by atoms with Crippen molar-refractivity contribution in [1.82, 2.24) is 24.3 Å². The molecule has 3 aromatic heterocycles. The molecule has 3 heterocycles. The summed E-state index contributed by atoms with van der Waals surface area (Å²) < 4.78 is 62.4. The smallest absolute Gasteiger partial charge is 0.419 e. The molecule has 1 aliphatic carbocycles. The Kier molecular flexibility index (Phi) is 6.19. The molecule has 1 saturated carbocycles. The number of hydrogen-bond acceptors (Lipinski definition) is 7. The maximum Gasteiger partial charge on any atom is 0.419 e. The molecule has 4 aromatic rings. The Morgan fingerprint density at radius 1 is 1.13 bits per heavy atom. The van der Waals surface area contributed by atoms with E-state index < -0.39 is 40.3 Å². The van der Waals surface area contributed by atoms with Gasteiger partial charge in [-0.2, -0.15) is 18.3 Å². The first-order valence-electron chi connectivity index (χ1n) is 12.0. The molecule has 5 rings (SSSR count). The van der Waals surface area contributed by atoms with Crippen LogP contribution in [0.1, 0.15) is 43.9 Å². The molecule has 13 heteroatoms. The minimum absolute atomic E-state index is 0.0194. The quantitative estimate of drug-likeness (QED) is 0.359. The minimum Gasteiger partial charge on any atom is -0.467 e. The highest BCUT2D eigenvalue weighted by Gasteiger charge is 2.41. The van der Waals surface area contributed by atoms with E-state index in [1.807, 2.05) is 6.92 Å². The van der Waals surface area contributed by atoms with Crippen LogP contribution in [0.25, 0.3) is 21.9 Å². The van der Waals surface area contributed by atoms with Crippen molar-refractivity contribution in [1.29, 1.82) is 0 Å². The normalized spacial score (nSPS) is 15.3. The van der Waals surface area contributed by atoms with Crippen LogP contribution in [0, 0.1) is 5.82 Å². The van der Waals surface area contributed by atoms with Crippen molar-refractivity contribution < 1.29 is 22.3 Å². The Hall–Kier alpha value is -4.29. The van der Waals surface area contributed by atoms with Gasteiger partial charge >= 0.3 is 12.2 Å². The molecule has 1 N–H and O–H groups in total. The third-order valence-corrected chi connectivity index (χ3v) is 7.03. The van der Waals surface area contributed by atoms with Gasteiger partial charge in [0.25, 0.3) is 11.1 Å². The molecule has 0 amide bonds. The third-order valence-electron chi connectivity index (χ3n) is 7.03. The van der Waals surface area contributed by atoms with Crippen molar-refractivity contribution in [3.63, 3.8) is 0 Å². The largest absolute Gasteiger partial charge is 0.467 e. The second-order valence-corrected chi connectivity index (χ2v) is 9.77. The molecular weight excluding hydrogens is 520 g/mol. The SMILES string of the molecule is COc1ncc(-c2c(=O)n(C3(C)CC3)cc3c(N[C@H](C)c4cccc(C(F)(F)F)c4F)nn(C)c(=O)c23)cn1. The van der Waals surface area contributed by atoms with Crippen LogP contribution in [0.4, 0.5) is 23.4 Å². The Morgan fingerprint density at radius 2 is 1.79 bits per heavy atom. The molecule has 0 unspecified atom stereocenters. The van der Waals surface area contributed by atoms with Gasteiger partial charge in [0.15, 0.2) is 5.82 Å². The topological polar surface area (TPSA) is 104 Å². The number of pyridine rings is 1. The van der Waals surface area contributed by atoms with E-state index >= 15 is 0 Å². The number of ether oxygens (including phenoxy) is 1. The van der Waals surface area contributed by atoms with Crippen LogP contribution in [0.2, 0.25) is 0 Å². The van der Waals surface area contributed by atoms with Gasteiger partial charge in [-0.3, -0.25) is 9.59 Å². The van der Waals surface area contributed by atoms with E-state index in [9.17, 15) is 27.2 Å². The number of nitrogens with one attached hydrogen (secondary N) is 1. The average molecular weight is 545 g/mol. The van der Waals surface area contributed by atoms with E-state index in [1.165, 1.54) is 50.3 Å². The molecule has 0 spiro atoms. The zero-order valence-corrected chi connectivity index (χ0v) is 21.4. The van der Waals surface area contributed by atoms with Crippen LogP contribution in [-0.4, -0.2) is 31.4 Å². The number of hydrogen-bond donors (Lipinski definition) is 1. The number of anilines is 1. The first-order valence-corrected chi connectivity index (χ1v) is 12.0. The summed E-state index contributed by atoms with van der Waals surface area (Å²) in [4.78, 5) is 35.3. The first-order chi connectivity index (χ1) is 18.4. The van der Waals surface area contributed by atoms with Crippen molar-refractivity contribution in [2.75, 3.05) is 12.4 Å². The lowest BCUT2D eigenvalue weighted by Crippen LogP contribution is -2.32. The lowest BCUT2D eigenvalue weighted by atomic mass is 10.0. The number of benzene rings is 1. The lowest BCUT2D eigenvalue weighted by molar-refractivity contribution is -0.140. The van der Waals surface area contributed by atoms with E-state index in [2.05, 4.69) is 20.4 Å². The predicted molar refractivity (Wildman–Crippen MR) is 135 cm³/mol. The summed E-state index contributed by atoms with van der Waals surface area (Å²) in [6.45, 7) is 3.38. The van der Waals surface area contributed by atoms with Crippen molar-refractivity contribution in [2.45, 2.75) is 44.4 Å². The van der Waals surface area contributed by atoms with Gasteiger partial charge in [0, 0.05) is 47.7 Å². The molecule has 1 atom stereocenters. The van der Waals surface area contributed by atoms with Crippen molar-refractivity contribution >= 4 is 16.6 Å². The first kappa shape index (κ1) is 26.3. The number of nitrogens with zero attached hydrogens (tertiary/aromatic N) is 5. The van der Waals surface area contributed by atoms with Crippen LogP contribution in [0.3, 0.4) is 0 Å². The summed E-state index contributed by atoms with van der Waals surface area (Å²) in [5.41, 5.74) is -2.80. The Bertz CT molecular complexity index is 1710. The van der Waals surface area contributed by atoms with Gasteiger partial charge in [0.2, 0.25) is 0 Å². The molecule has 1 aliphatic rings. The second kappa shape index (κ2) is 9.17. The molecule has 0 radical (unpaired) electrons. The highest BCUT2D eigenvalue weighted by atomic mass is 19.4. The second-order valence-electron chi connectivity index (χ2n) is 9.77. The van der Waals surface area contributed by atoms with Crippen molar-refractivity contribution in [3.05, 3.63) is 74.4 Å². The number of fused-ring (bicyclic) bond motifs is 1. The molecule has 1 aromatic carbocycles. The van der Waals surface area contributed by atoms with Gasteiger partial charge in [0.1, 0.15) is 5.82 Å². The molecule has 0 saturated heterocycles. The number of alkyl halides is 3. The fourth-order valence-corrected chi connectivity index (χ4v) is 4.56. The Labute approximate surface area is 219 Å². The molecule has 39 heavy (non-hydrogen) atoms. The summed E-state index contributed by atoms with van der Waals surface area (Å²) in [6.07, 6.45) is 0.842. The van der Waals surface area contributed by atoms with Gasteiger partial charge in [-0.15, -0.1) is 0 Å². The van der Waals surface area contributed by atoms with E-state index in [-0.39, 0.29) is 39.3 Å². The minimum atomic E-state index is -4.87. The Balaban J connectivity index is 1.74. The zero-order chi connectivity index (χ0) is 28.3. The summed E-state index contributed by atoms with van der Waals surface area (Å²) in [6, 6.07) is 2.13. The number of aryl methyl sites for hydroxylation is 1. The Morgan fingerprint density at radius 3 is 2.38 bits per heavy atom. The molecule has 9 nitrogen and oxygen atoms in total. The number of rotatable bonds is 6. The van der Waals surface area contributed by atoms with E-state index in [4.69, 9.17) is 4.74 Å². The number of methoxy groups -OCH3 is 1. The van der Waals surface area contributed by atoms with Crippen molar-refractivity contribution in [2.24, 2.45) is 7.05 Å². The summed E-state index contributed by atoms with van der Waals surface area (Å²) in [7, 11) is 2.77. The van der Waals surface area contributed by atoms with Crippen LogP contribution in [-0.2, 0) is 18.8 Å². The molecule has 1 fully saturated rings. The fraction of sp³-hybridized carbons (Fsp3) is 0.346. The summed E-state index contributed by atoms with van der Waals surface area (Å²) >= 11 is 0. The van der Waals surface area contributed by atoms with Gasteiger partial charge < -0.3 is 14.6 Å². The van der Waals surface area contributed by atoms with E-state index in [1.54, 1.807) is 0 Å². The number of aromatic nitrogens is 5. The highest BCUT2D eigenvalue weighted by molar-refractivity contribution is 6.00. The lowest BCUT2D eigenvalue weighted by Gasteiger charge is -2.22. The molecule has 0 aliphatic heterocycles. The monoisotopic (exact) mass is 544 g/mol. The number of halogens is 4. The average Bonchev–Trinajstić information content (AvgIpc) is 3.64. The van der Waals surface area contributed by atoms with E-state index in [0.29, 0.717) is 6.07 Å². The zero-order valence-electron chi connectivity index (χ0n) is 21.4. The van der Waals surface area contributed by atoms with Gasteiger partial charge in [-0.1, -0.05) is 12.1 Å².